The lowest BCUT2D eigenvalue weighted by molar-refractivity contribution is 0.0951. The van der Waals surface area contributed by atoms with E-state index in [1.807, 2.05) is 25.1 Å². The minimum absolute atomic E-state index is 0.187. The Kier molecular flexibility index (Phi) is 3.34. The summed E-state index contributed by atoms with van der Waals surface area (Å²) in [5.74, 6) is 0.678. The van der Waals surface area contributed by atoms with Gasteiger partial charge in [-0.15, -0.1) is 11.3 Å². The highest BCUT2D eigenvalue weighted by molar-refractivity contribution is 7.21. The molecule has 3 aromatic rings. The first-order chi connectivity index (χ1) is 10.1. The normalized spacial score (nSPS) is 11.0. The second kappa shape index (κ2) is 5.17. The number of hydrogen-bond donors (Lipinski definition) is 2. The number of hydrogen-bond acceptors (Lipinski definition) is 6. The number of carbonyl (C=O) groups excluding carboxylic acids is 1. The molecule has 21 heavy (non-hydrogen) atoms. The Bertz CT molecular complexity index is 822. The number of aromatic nitrogens is 2. The summed E-state index contributed by atoms with van der Waals surface area (Å²) in [6, 6.07) is 5.86. The number of rotatable bonds is 3. The molecule has 7 heteroatoms. The van der Waals surface area contributed by atoms with Gasteiger partial charge in [0.25, 0.3) is 5.91 Å². The Morgan fingerprint density at radius 1 is 1.43 bits per heavy atom. The number of nitrogens with zero attached hydrogens (tertiary/aromatic N) is 2. The molecule has 2 heterocycles. The summed E-state index contributed by atoms with van der Waals surface area (Å²) in [5.41, 5.74) is 7.70. The fraction of sp³-hybridized carbons (Fsp3) is 0.214. The highest BCUT2D eigenvalue weighted by atomic mass is 32.1. The van der Waals surface area contributed by atoms with Crippen molar-refractivity contribution in [1.29, 1.82) is 0 Å². The van der Waals surface area contributed by atoms with E-state index >= 15 is 0 Å². The smallest absolute Gasteiger partial charge is 0.263 e. The maximum Gasteiger partial charge on any atom is 0.263 e. The molecule has 6 nitrogen and oxygen atoms in total. The first-order valence-corrected chi connectivity index (χ1v) is 7.23. The molecule has 0 unspecified atom stereocenters. The van der Waals surface area contributed by atoms with Crippen LogP contribution in [0.1, 0.15) is 27.0 Å². The average Bonchev–Trinajstić information content (AvgIpc) is 3.02. The Balaban J connectivity index is 1.84. The van der Waals surface area contributed by atoms with Crippen LogP contribution in [-0.4, -0.2) is 16.0 Å². The molecule has 0 bridgehead atoms. The molecule has 2 aromatic heterocycles. The second-order valence-electron chi connectivity index (χ2n) is 4.71. The van der Waals surface area contributed by atoms with Crippen molar-refractivity contribution in [3.05, 3.63) is 40.4 Å². The number of carbonyl (C=O) groups is 1. The topological polar surface area (TPSA) is 94.0 Å². The van der Waals surface area contributed by atoms with Crippen LogP contribution in [0.2, 0.25) is 0 Å². The fourth-order valence-corrected chi connectivity index (χ4v) is 3.20. The van der Waals surface area contributed by atoms with Crippen molar-refractivity contribution in [2.24, 2.45) is 0 Å². The third kappa shape index (κ3) is 2.47. The standard InChI is InChI=1S/C14H14N4O2S/c1-7-4-3-5-9-11(15)13(21-12(7)9)14(19)16-6-10-17-8(2)18-20-10/h3-5H,6,15H2,1-2H3,(H,16,19). The highest BCUT2D eigenvalue weighted by Crippen LogP contribution is 2.35. The summed E-state index contributed by atoms with van der Waals surface area (Å²) in [6.45, 7) is 3.91. The number of fused-ring (bicyclic) bond motifs is 1. The molecule has 108 valence electrons. The molecular weight excluding hydrogens is 288 g/mol. The first kappa shape index (κ1) is 13.6. The number of amides is 1. The van der Waals surface area contributed by atoms with Crippen LogP contribution in [0.5, 0.6) is 0 Å². The van der Waals surface area contributed by atoms with E-state index in [-0.39, 0.29) is 12.5 Å². The van der Waals surface area contributed by atoms with Crippen molar-refractivity contribution in [1.82, 2.24) is 15.5 Å². The zero-order valence-corrected chi connectivity index (χ0v) is 12.5. The number of aryl methyl sites for hydroxylation is 2. The fourth-order valence-electron chi connectivity index (χ4n) is 2.10. The number of nitrogen functional groups attached to an aromatic ring is 1. The van der Waals surface area contributed by atoms with Crippen LogP contribution in [0.4, 0.5) is 5.69 Å². The average molecular weight is 302 g/mol. The zero-order valence-electron chi connectivity index (χ0n) is 11.6. The summed E-state index contributed by atoms with van der Waals surface area (Å²) >= 11 is 1.40. The van der Waals surface area contributed by atoms with Gasteiger partial charge in [-0.2, -0.15) is 4.98 Å². The van der Waals surface area contributed by atoms with Gasteiger partial charge in [0, 0.05) is 10.1 Å². The van der Waals surface area contributed by atoms with Gasteiger partial charge in [0.2, 0.25) is 5.89 Å². The van der Waals surface area contributed by atoms with Gasteiger partial charge in [-0.3, -0.25) is 4.79 Å². The third-order valence-electron chi connectivity index (χ3n) is 3.13. The number of benzene rings is 1. The van der Waals surface area contributed by atoms with E-state index in [1.165, 1.54) is 11.3 Å². The number of anilines is 1. The number of nitrogens with one attached hydrogen (secondary N) is 1. The van der Waals surface area contributed by atoms with Gasteiger partial charge in [-0.05, 0) is 19.4 Å². The summed E-state index contributed by atoms with van der Waals surface area (Å²) in [5, 5.41) is 7.33. The maximum absolute atomic E-state index is 12.3. The summed E-state index contributed by atoms with van der Waals surface area (Å²) < 4.78 is 5.99. The molecule has 0 aliphatic carbocycles. The van der Waals surface area contributed by atoms with Crippen LogP contribution in [0.15, 0.2) is 22.7 Å². The van der Waals surface area contributed by atoms with Crippen LogP contribution in [0.3, 0.4) is 0 Å². The maximum atomic E-state index is 12.3. The molecule has 0 spiro atoms. The molecule has 3 rings (SSSR count). The number of nitrogens with two attached hydrogens (primary N) is 1. The molecule has 0 radical (unpaired) electrons. The predicted octanol–water partition coefficient (Wildman–Crippen LogP) is 2.41. The van der Waals surface area contributed by atoms with Gasteiger partial charge in [0.1, 0.15) is 4.88 Å². The minimum Gasteiger partial charge on any atom is -0.397 e. The summed E-state index contributed by atoms with van der Waals surface area (Å²) in [4.78, 5) is 16.8. The molecule has 0 saturated heterocycles. The number of thiophene rings is 1. The van der Waals surface area contributed by atoms with Gasteiger partial charge >= 0.3 is 0 Å². The molecule has 3 N–H and O–H groups in total. The molecule has 0 fully saturated rings. The molecule has 0 atom stereocenters. The lowest BCUT2D eigenvalue weighted by Crippen LogP contribution is -2.22. The quantitative estimate of drug-likeness (QED) is 0.775. The zero-order chi connectivity index (χ0) is 15.0. The lowest BCUT2D eigenvalue weighted by Gasteiger charge is -2.00. The van der Waals surface area contributed by atoms with Crippen LogP contribution in [-0.2, 0) is 6.54 Å². The van der Waals surface area contributed by atoms with Crippen LogP contribution in [0.25, 0.3) is 10.1 Å². The van der Waals surface area contributed by atoms with E-state index in [1.54, 1.807) is 6.92 Å². The van der Waals surface area contributed by atoms with Gasteiger partial charge in [0.05, 0.1) is 12.2 Å². The Morgan fingerprint density at radius 3 is 2.90 bits per heavy atom. The summed E-state index contributed by atoms with van der Waals surface area (Å²) in [7, 11) is 0. The molecule has 0 saturated carbocycles. The second-order valence-corrected chi connectivity index (χ2v) is 5.74. The predicted molar refractivity (Wildman–Crippen MR) is 81.2 cm³/mol. The molecule has 0 aliphatic rings. The SMILES string of the molecule is Cc1noc(CNC(=O)c2sc3c(C)cccc3c2N)n1. The highest BCUT2D eigenvalue weighted by Gasteiger charge is 2.17. The van der Waals surface area contributed by atoms with Crippen molar-refractivity contribution in [3.63, 3.8) is 0 Å². The molecular formula is C14H14N4O2S. The van der Waals surface area contributed by atoms with Gasteiger partial charge in [-0.25, -0.2) is 0 Å². The van der Waals surface area contributed by atoms with Crippen molar-refractivity contribution in [2.75, 3.05) is 5.73 Å². The van der Waals surface area contributed by atoms with Gasteiger partial charge in [0.15, 0.2) is 5.82 Å². The molecule has 1 aromatic carbocycles. The molecule has 1 amide bonds. The molecule has 0 aliphatic heterocycles. The first-order valence-electron chi connectivity index (χ1n) is 6.41. The van der Waals surface area contributed by atoms with E-state index in [0.717, 1.165) is 15.6 Å². The van der Waals surface area contributed by atoms with Crippen molar-refractivity contribution in [2.45, 2.75) is 20.4 Å². The van der Waals surface area contributed by atoms with Gasteiger partial charge in [-0.1, -0.05) is 23.4 Å². The Labute approximate surface area is 125 Å². The monoisotopic (exact) mass is 302 g/mol. The van der Waals surface area contributed by atoms with Crippen molar-refractivity contribution < 1.29 is 9.32 Å². The van der Waals surface area contributed by atoms with Gasteiger partial charge < -0.3 is 15.6 Å². The van der Waals surface area contributed by atoms with Crippen molar-refractivity contribution >= 4 is 33.0 Å². The van der Waals surface area contributed by atoms with E-state index in [0.29, 0.717) is 22.3 Å². The van der Waals surface area contributed by atoms with Crippen LogP contribution < -0.4 is 11.1 Å². The Hall–Kier alpha value is -2.41. The largest absolute Gasteiger partial charge is 0.397 e. The summed E-state index contributed by atoms with van der Waals surface area (Å²) in [6.07, 6.45) is 0. The van der Waals surface area contributed by atoms with E-state index in [4.69, 9.17) is 10.3 Å². The van der Waals surface area contributed by atoms with E-state index in [9.17, 15) is 4.79 Å². The van der Waals surface area contributed by atoms with E-state index in [2.05, 4.69) is 15.5 Å². The minimum atomic E-state index is -0.232. The van der Waals surface area contributed by atoms with Crippen LogP contribution >= 0.6 is 11.3 Å². The van der Waals surface area contributed by atoms with E-state index < -0.39 is 0 Å². The van der Waals surface area contributed by atoms with Crippen LogP contribution in [0, 0.1) is 13.8 Å². The van der Waals surface area contributed by atoms with Crippen molar-refractivity contribution in [3.8, 4) is 0 Å². The third-order valence-corrected chi connectivity index (χ3v) is 4.48. The lowest BCUT2D eigenvalue weighted by atomic mass is 10.1. The Morgan fingerprint density at radius 2 is 2.24 bits per heavy atom.